The Kier molecular flexibility index (Phi) is 4.44. The molecule has 4 nitrogen and oxygen atoms in total. The Morgan fingerprint density at radius 2 is 2.06 bits per heavy atom. The van der Waals surface area contributed by atoms with Crippen molar-refractivity contribution in [3.63, 3.8) is 0 Å². The molecule has 1 aromatic carbocycles. The number of hydrogen-bond donors (Lipinski definition) is 1. The van der Waals surface area contributed by atoms with E-state index >= 15 is 0 Å². The molecule has 2 rings (SSSR count). The summed E-state index contributed by atoms with van der Waals surface area (Å²) >= 11 is 0. The van der Waals surface area contributed by atoms with E-state index in [1.165, 1.54) is 12.8 Å². The van der Waals surface area contributed by atoms with Crippen LogP contribution in [0, 0.1) is 0 Å². The fourth-order valence-corrected chi connectivity index (χ4v) is 2.26. The molecular weight excluding hydrogens is 230 g/mol. The quantitative estimate of drug-likeness (QED) is 0.800. The van der Waals surface area contributed by atoms with Crippen molar-refractivity contribution in [3.8, 4) is 11.5 Å². The van der Waals surface area contributed by atoms with Crippen molar-refractivity contribution < 1.29 is 14.6 Å². The monoisotopic (exact) mass is 251 g/mol. The summed E-state index contributed by atoms with van der Waals surface area (Å²) in [6.45, 7) is 1.71. The number of aliphatic hydroxyl groups is 1. The van der Waals surface area contributed by atoms with Crippen LogP contribution in [0.15, 0.2) is 18.2 Å². The lowest BCUT2D eigenvalue weighted by molar-refractivity contribution is 0.181. The molecule has 0 atom stereocenters. The van der Waals surface area contributed by atoms with E-state index in [-0.39, 0.29) is 6.61 Å². The van der Waals surface area contributed by atoms with Crippen LogP contribution < -0.4 is 9.47 Å². The molecule has 0 heterocycles. The first-order chi connectivity index (χ1) is 8.80. The topological polar surface area (TPSA) is 41.9 Å². The maximum atomic E-state index is 9.12. The first kappa shape index (κ1) is 13.2. The summed E-state index contributed by atoms with van der Waals surface area (Å²) in [5.74, 6) is 1.55. The van der Waals surface area contributed by atoms with Gasteiger partial charge in [0.05, 0.1) is 20.8 Å². The average Bonchev–Trinajstić information content (AvgIpc) is 3.22. The van der Waals surface area contributed by atoms with Gasteiger partial charge in [-0.3, -0.25) is 4.90 Å². The Hall–Kier alpha value is -1.26. The summed E-state index contributed by atoms with van der Waals surface area (Å²) in [5.41, 5.74) is 1.11. The van der Waals surface area contributed by atoms with E-state index < -0.39 is 0 Å². The number of aliphatic hydroxyl groups excluding tert-OH is 1. The van der Waals surface area contributed by atoms with Gasteiger partial charge >= 0.3 is 0 Å². The van der Waals surface area contributed by atoms with Crippen LogP contribution in [0.5, 0.6) is 11.5 Å². The number of nitrogens with zero attached hydrogens (tertiary/aromatic N) is 1. The van der Waals surface area contributed by atoms with E-state index in [9.17, 15) is 0 Å². The third-order valence-electron chi connectivity index (χ3n) is 3.31. The maximum absolute atomic E-state index is 9.12. The van der Waals surface area contributed by atoms with Gasteiger partial charge in [-0.05, 0) is 18.9 Å². The number of ether oxygens (including phenoxy) is 2. The van der Waals surface area contributed by atoms with E-state index in [0.29, 0.717) is 12.6 Å². The molecule has 0 aromatic heterocycles. The molecule has 1 aliphatic carbocycles. The van der Waals surface area contributed by atoms with Gasteiger partial charge in [-0.25, -0.2) is 0 Å². The van der Waals surface area contributed by atoms with Crippen molar-refractivity contribution in [2.75, 3.05) is 27.4 Å². The number of rotatable bonds is 7. The molecule has 0 unspecified atom stereocenters. The van der Waals surface area contributed by atoms with Gasteiger partial charge in [0.1, 0.15) is 0 Å². The largest absolute Gasteiger partial charge is 0.493 e. The van der Waals surface area contributed by atoms with Crippen molar-refractivity contribution in [1.29, 1.82) is 0 Å². The van der Waals surface area contributed by atoms with Gasteiger partial charge < -0.3 is 14.6 Å². The molecule has 1 N–H and O–H groups in total. The number of para-hydroxylation sites is 1. The third kappa shape index (κ3) is 2.94. The van der Waals surface area contributed by atoms with Gasteiger partial charge in [-0.15, -0.1) is 0 Å². The smallest absolute Gasteiger partial charge is 0.165 e. The van der Waals surface area contributed by atoms with Gasteiger partial charge in [0.25, 0.3) is 0 Å². The van der Waals surface area contributed by atoms with Gasteiger partial charge in [0, 0.05) is 24.7 Å². The fraction of sp³-hybridized carbons (Fsp3) is 0.571. The van der Waals surface area contributed by atoms with Crippen LogP contribution in [0.4, 0.5) is 0 Å². The summed E-state index contributed by atoms with van der Waals surface area (Å²) in [5, 5.41) is 9.12. The van der Waals surface area contributed by atoms with Crippen LogP contribution in [0.3, 0.4) is 0 Å². The molecule has 0 bridgehead atoms. The Balaban J connectivity index is 2.16. The summed E-state index contributed by atoms with van der Waals surface area (Å²) in [6.07, 6.45) is 2.46. The maximum Gasteiger partial charge on any atom is 0.165 e. The predicted molar refractivity (Wildman–Crippen MR) is 70.1 cm³/mol. The van der Waals surface area contributed by atoms with Gasteiger partial charge in [0.2, 0.25) is 0 Å². The minimum absolute atomic E-state index is 0.197. The summed E-state index contributed by atoms with van der Waals surface area (Å²) in [6, 6.07) is 6.54. The molecule has 18 heavy (non-hydrogen) atoms. The SMILES string of the molecule is COc1cccc(CN(CCO)C2CC2)c1OC. The van der Waals surface area contributed by atoms with E-state index in [1.54, 1.807) is 14.2 Å². The minimum atomic E-state index is 0.197. The lowest BCUT2D eigenvalue weighted by Crippen LogP contribution is -2.28. The second-order valence-corrected chi connectivity index (χ2v) is 4.58. The highest BCUT2D eigenvalue weighted by molar-refractivity contribution is 5.46. The molecule has 1 aromatic rings. The van der Waals surface area contributed by atoms with E-state index in [1.807, 2.05) is 18.2 Å². The molecule has 0 spiro atoms. The van der Waals surface area contributed by atoms with Crippen molar-refractivity contribution in [3.05, 3.63) is 23.8 Å². The fourth-order valence-electron chi connectivity index (χ4n) is 2.26. The Morgan fingerprint density at radius 3 is 2.61 bits per heavy atom. The van der Waals surface area contributed by atoms with Crippen molar-refractivity contribution in [1.82, 2.24) is 4.90 Å². The lowest BCUT2D eigenvalue weighted by atomic mass is 10.1. The van der Waals surface area contributed by atoms with Crippen molar-refractivity contribution >= 4 is 0 Å². The Labute approximate surface area is 108 Å². The molecule has 0 amide bonds. The molecule has 1 aliphatic rings. The lowest BCUT2D eigenvalue weighted by Gasteiger charge is -2.22. The number of benzene rings is 1. The van der Waals surface area contributed by atoms with Crippen LogP contribution in [0.2, 0.25) is 0 Å². The molecule has 1 saturated carbocycles. The second kappa shape index (κ2) is 6.07. The summed E-state index contributed by atoms with van der Waals surface area (Å²) in [4.78, 5) is 2.30. The highest BCUT2D eigenvalue weighted by Gasteiger charge is 2.29. The molecule has 0 aliphatic heterocycles. The molecule has 0 saturated heterocycles. The first-order valence-electron chi connectivity index (χ1n) is 6.35. The minimum Gasteiger partial charge on any atom is -0.493 e. The molecular formula is C14H21NO3. The standard InChI is InChI=1S/C14H21NO3/c1-17-13-5-3-4-11(14(13)18-2)10-15(8-9-16)12-6-7-12/h3-5,12,16H,6-10H2,1-2H3. The van der Waals surface area contributed by atoms with Crippen molar-refractivity contribution in [2.45, 2.75) is 25.4 Å². The number of hydrogen-bond acceptors (Lipinski definition) is 4. The zero-order valence-electron chi connectivity index (χ0n) is 11.1. The molecule has 100 valence electrons. The van der Waals surface area contributed by atoms with Gasteiger partial charge in [0.15, 0.2) is 11.5 Å². The van der Waals surface area contributed by atoms with Crippen LogP contribution in [-0.2, 0) is 6.54 Å². The highest BCUT2D eigenvalue weighted by atomic mass is 16.5. The average molecular weight is 251 g/mol. The highest BCUT2D eigenvalue weighted by Crippen LogP contribution is 2.34. The normalized spacial score (nSPS) is 14.9. The zero-order chi connectivity index (χ0) is 13.0. The molecule has 4 heteroatoms. The van der Waals surface area contributed by atoms with Crippen molar-refractivity contribution in [2.24, 2.45) is 0 Å². The summed E-state index contributed by atoms with van der Waals surface area (Å²) in [7, 11) is 3.31. The first-order valence-corrected chi connectivity index (χ1v) is 6.35. The van der Waals surface area contributed by atoms with Crippen LogP contribution >= 0.6 is 0 Å². The van der Waals surface area contributed by atoms with Gasteiger partial charge in [-0.1, -0.05) is 12.1 Å². The Morgan fingerprint density at radius 1 is 1.28 bits per heavy atom. The van der Waals surface area contributed by atoms with Crippen LogP contribution in [0.25, 0.3) is 0 Å². The van der Waals surface area contributed by atoms with Crippen LogP contribution in [0.1, 0.15) is 18.4 Å². The third-order valence-corrected chi connectivity index (χ3v) is 3.31. The van der Waals surface area contributed by atoms with Crippen LogP contribution in [-0.4, -0.2) is 43.4 Å². The van der Waals surface area contributed by atoms with E-state index in [0.717, 1.165) is 23.6 Å². The van der Waals surface area contributed by atoms with E-state index in [2.05, 4.69) is 4.90 Å². The van der Waals surface area contributed by atoms with Gasteiger partial charge in [-0.2, -0.15) is 0 Å². The van der Waals surface area contributed by atoms with E-state index in [4.69, 9.17) is 14.6 Å². The summed E-state index contributed by atoms with van der Waals surface area (Å²) < 4.78 is 10.7. The molecule has 1 fully saturated rings. The Bertz CT molecular complexity index is 391. The molecule has 0 radical (unpaired) electrons. The second-order valence-electron chi connectivity index (χ2n) is 4.58. The predicted octanol–water partition coefficient (Wildman–Crippen LogP) is 1.66. The number of methoxy groups -OCH3 is 2. The zero-order valence-corrected chi connectivity index (χ0v) is 11.1.